The van der Waals surface area contributed by atoms with Gasteiger partial charge in [0.1, 0.15) is 24.2 Å². The van der Waals surface area contributed by atoms with Crippen molar-refractivity contribution >= 4 is 22.8 Å². The molecule has 0 aliphatic carbocycles. The summed E-state index contributed by atoms with van der Waals surface area (Å²) in [5, 5.41) is 7.71. The smallest absolute Gasteiger partial charge is 0.358 e. The number of hydrogen-bond acceptors (Lipinski definition) is 5. The maximum absolute atomic E-state index is 12.6. The van der Waals surface area contributed by atoms with E-state index in [1.54, 1.807) is 24.9 Å². The van der Waals surface area contributed by atoms with Crippen molar-refractivity contribution in [2.24, 2.45) is 7.05 Å². The lowest BCUT2D eigenvalue weighted by atomic mass is 10.0. The average molecular weight is 342 g/mol. The first-order chi connectivity index (χ1) is 11.2. The third-order valence-electron chi connectivity index (χ3n) is 3.92. The van der Waals surface area contributed by atoms with Crippen LogP contribution in [-0.2, 0) is 11.8 Å². The van der Waals surface area contributed by atoms with Crippen molar-refractivity contribution in [3.8, 4) is 0 Å². The molecule has 3 heterocycles. The first kappa shape index (κ1) is 16.5. The molecule has 0 radical (unpaired) electrons. The minimum absolute atomic E-state index is 0.113. The first-order valence-corrected chi connectivity index (χ1v) is 7.53. The molecule has 2 aromatic rings. The summed E-state index contributed by atoms with van der Waals surface area (Å²) < 4.78 is 39.3. The lowest BCUT2D eigenvalue weighted by molar-refractivity contribution is -0.163. The lowest BCUT2D eigenvalue weighted by Crippen LogP contribution is -2.50. The summed E-state index contributed by atoms with van der Waals surface area (Å²) in [6, 6.07) is -0.737. The summed E-state index contributed by atoms with van der Waals surface area (Å²) in [4.78, 5) is 21.7. The normalized spacial score (nSPS) is 19.1. The quantitative estimate of drug-likeness (QED) is 0.918. The third-order valence-corrected chi connectivity index (χ3v) is 3.92. The van der Waals surface area contributed by atoms with Crippen molar-refractivity contribution in [2.45, 2.75) is 32.0 Å². The predicted octanol–water partition coefficient (Wildman–Crippen LogP) is 1.64. The molecule has 3 rings (SSSR count). The average Bonchev–Trinajstić information content (AvgIpc) is 2.83. The molecule has 1 aliphatic heterocycles. The molecule has 0 spiro atoms. The van der Waals surface area contributed by atoms with Crippen LogP contribution in [0.25, 0.3) is 11.0 Å². The molecule has 1 aliphatic rings. The minimum atomic E-state index is -4.40. The summed E-state index contributed by atoms with van der Waals surface area (Å²) in [6.07, 6.45) is -1.88. The van der Waals surface area contributed by atoms with Crippen LogP contribution >= 0.6 is 0 Å². The highest BCUT2D eigenvalue weighted by atomic mass is 19.4. The zero-order valence-corrected chi connectivity index (χ0v) is 13.3. The van der Waals surface area contributed by atoms with E-state index in [1.807, 2.05) is 0 Å². The number of rotatable bonds is 3. The van der Waals surface area contributed by atoms with Crippen molar-refractivity contribution in [1.82, 2.24) is 24.6 Å². The Morgan fingerprint density at radius 3 is 2.83 bits per heavy atom. The van der Waals surface area contributed by atoms with Crippen molar-refractivity contribution < 1.29 is 18.0 Å². The highest BCUT2D eigenvalue weighted by Gasteiger charge is 2.37. The molecule has 1 amide bonds. The maximum atomic E-state index is 12.6. The second kappa shape index (κ2) is 5.91. The minimum Gasteiger partial charge on any atom is -0.358 e. The van der Waals surface area contributed by atoms with Crippen molar-refractivity contribution in [3.63, 3.8) is 0 Å². The second-order valence-electron chi connectivity index (χ2n) is 5.84. The maximum Gasteiger partial charge on any atom is 0.406 e. The van der Waals surface area contributed by atoms with Crippen molar-refractivity contribution in [2.75, 3.05) is 18.4 Å². The van der Waals surface area contributed by atoms with Crippen LogP contribution in [0.15, 0.2) is 6.20 Å². The van der Waals surface area contributed by atoms with Gasteiger partial charge < -0.3 is 10.2 Å². The Balaban J connectivity index is 1.84. The van der Waals surface area contributed by atoms with Crippen LogP contribution in [0.4, 0.5) is 19.0 Å². The molecule has 1 unspecified atom stereocenters. The first-order valence-electron chi connectivity index (χ1n) is 7.53. The molecule has 0 aromatic carbocycles. The number of aryl methyl sites for hydroxylation is 2. The van der Waals surface area contributed by atoms with E-state index in [9.17, 15) is 18.0 Å². The van der Waals surface area contributed by atoms with E-state index in [0.29, 0.717) is 35.5 Å². The molecular weight excluding hydrogens is 325 g/mol. The van der Waals surface area contributed by atoms with Crippen LogP contribution in [-0.4, -0.2) is 55.9 Å². The standard InChI is InChI=1S/C14H17F3N6O/c1-8-19-11(9-6-18-22(2)12(9)20-8)21-10-4-3-5-23(13(10)24)7-14(15,16)17/h6,10H,3-5,7H2,1-2H3,(H,19,20,21). The fraction of sp³-hybridized carbons (Fsp3) is 0.571. The fourth-order valence-corrected chi connectivity index (χ4v) is 2.85. The number of halogens is 3. The molecule has 10 heteroatoms. The van der Waals surface area contributed by atoms with Gasteiger partial charge in [-0.15, -0.1) is 0 Å². The van der Waals surface area contributed by atoms with Gasteiger partial charge in [-0.05, 0) is 19.8 Å². The van der Waals surface area contributed by atoms with Crippen molar-refractivity contribution in [1.29, 1.82) is 0 Å². The summed E-state index contributed by atoms with van der Waals surface area (Å²) >= 11 is 0. The number of amides is 1. The van der Waals surface area contributed by atoms with E-state index in [0.717, 1.165) is 4.90 Å². The zero-order valence-electron chi connectivity index (χ0n) is 13.3. The van der Waals surface area contributed by atoms with Crippen LogP contribution < -0.4 is 5.32 Å². The molecule has 1 saturated heterocycles. The number of carbonyl (C=O) groups excluding carboxylic acids is 1. The molecule has 7 nitrogen and oxygen atoms in total. The fourth-order valence-electron chi connectivity index (χ4n) is 2.85. The number of carbonyl (C=O) groups is 1. The largest absolute Gasteiger partial charge is 0.406 e. The van der Waals surface area contributed by atoms with Gasteiger partial charge in [-0.25, -0.2) is 9.97 Å². The number of nitrogens with zero attached hydrogens (tertiary/aromatic N) is 5. The number of nitrogens with one attached hydrogen (secondary N) is 1. The van der Waals surface area contributed by atoms with Crippen molar-refractivity contribution in [3.05, 3.63) is 12.0 Å². The topological polar surface area (TPSA) is 75.9 Å². The Labute approximate surface area is 135 Å². The summed E-state index contributed by atoms with van der Waals surface area (Å²) in [6.45, 7) is 0.590. The predicted molar refractivity (Wildman–Crippen MR) is 80.3 cm³/mol. The summed E-state index contributed by atoms with van der Waals surface area (Å²) in [5.74, 6) is 0.341. The SMILES string of the molecule is Cc1nc(NC2CCCN(CC(F)(F)F)C2=O)c2cnn(C)c2n1. The third kappa shape index (κ3) is 3.26. The van der Waals surface area contributed by atoms with E-state index in [-0.39, 0.29) is 6.54 Å². The highest BCUT2D eigenvalue weighted by Crippen LogP contribution is 2.25. The van der Waals surface area contributed by atoms with Crippen LogP contribution in [0.3, 0.4) is 0 Å². The van der Waals surface area contributed by atoms with Crippen LogP contribution in [0.5, 0.6) is 0 Å². The number of fused-ring (bicyclic) bond motifs is 1. The van der Waals surface area contributed by atoms with Crippen LogP contribution in [0, 0.1) is 6.92 Å². The second-order valence-corrected chi connectivity index (χ2v) is 5.84. The van der Waals surface area contributed by atoms with Gasteiger partial charge in [0.15, 0.2) is 5.65 Å². The Hall–Kier alpha value is -2.39. The Morgan fingerprint density at radius 1 is 1.38 bits per heavy atom. The molecule has 1 fully saturated rings. The molecule has 2 aromatic heterocycles. The van der Waals surface area contributed by atoms with Gasteiger partial charge in [-0.3, -0.25) is 9.48 Å². The summed E-state index contributed by atoms with van der Waals surface area (Å²) in [7, 11) is 1.73. The molecule has 0 bridgehead atoms. The van der Waals surface area contributed by atoms with Gasteiger partial charge in [0.05, 0.1) is 11.6 Å². The van der Waals surface area contributed by atoms with Gasteiger partial charge in [0.2, 0.25) is 5.91 Å². The Kier molecular flexibility index (Phi) is 4.06. The number of alkyl halides is 3. The number of likely N-dealkylation sites (tertiary alicyclic amines) is 1. The lowest BCUT2D eigenvalue weighted by Gasteiger charge is -2.33. The zero-order chi connectivity index (χ0) is 17.5. The van der Waals surface area contributed by atoms with E-state index >= 15 is 0 Å². The monoisotopic (exact) mass is 342 g/mol. The van der Waals surface area contributed by atoms with Gasteiger partial charge in [0, 0.05) is 13.6 Å². The molecule has 24 heavy (non-hydrogen) atoms. The Morgan fingerprint density at radius 2 is 2.12 bits per heavy atom. The molecule has 130 valence electrons. The molecule has 1 atom stereocenters. The van der Waals surface area contributed by atoms with Gasteiger partial charge >= 0.3 is 6.18 Å². The number of piperidine rings is 1. The number of aromatic nitrogens is 4. The van der Waals surface area contributed by atoms with E-state index in [4.69, 9.17) is 0 Å². The number of anilines is 1. The Bertz CT molecular complexity index is 772. The van der Waals surface area contributed by atoms with E-state index < -0.39 is 24.7 Å². The molecule has 1 N–H and O–H groups in total. The van der Waals surface area contributed by atoms with E-state index in [1.165, 1.54) is 0 Å². The molecular formula is C14H17F3N6O. The van der Waals surface area contributed by atoms with Gasteiger partial charge in [-0.2, -0.15) is 18.3 Å². The van der Waals surface area contributed by atoms with Crippen LogP contribution in [0.1, 0.15) is 18.7 Å². The number of hydrogen-bond donors (Lipinski definition) is 1. The highest BCUT2D eigenvalue weighted by molar-refractivity contribution is 5.91. The van der Waals surface area contributed by atoms with Gasteiger partial charge in [-0.1, -0.05) is 0 Å². The van der Waals surface area contributed by atoms with E-state index in [2.05, 4.69) is 20.4 Å². The van der Waals surface area contributed by atoms with Gasteiger partial charge in [0.25, 0.3) is 0 Å². The molecule has 0 saturated carbocycles. The van der Waals surface area contributed by atoms with Crippen LogP contribution in [0.2, 0.25) is 0 Å². The summed E-state index contributed by atoms with van der Waals surface area (Å²) in [5.41, 5.74) is 0.598.